The Balaban J connectivity index is 2.29. The zero-order valence-corrected chi connectivity index (χ0v) is 12.0. The van der Waals surface area contributed by atoms with Crippen LogP contribution in [-0.2, 0) is 22.4 Å². The van der Waals surface area contributed by atoms with E-state index in [9.17, 15) is 8.42 Å². The molecule has 0 radical (unpaired) electrons. The van der Waals surface area contributed by atoms with Crippen molar-refractivity contribution in [2.45, 2.75) is 25.8 Å². The van der Waals surface area contributed by atoms with Crippen LogP contribution in [0.25, 0.3) is 11.2 Å². The number of aryl methyl sites for hydroxylation is 2. The SMILES string of the molecule is Cc1nn(C)c2c1nc(N)n2C1(C)CCS(=O)(=O)C1. The summed E-state index contributed by atoms with van der Waals surface area (Å²) in [6.07, 6.45) is 0.551. The molecule has 104 valence electrons. The molecule has 1 fully saturated rings. The fourth-order valence-corrected chi connectivity index (χ4v) is 5.11. The predicted molar refractivity (Wildman–Crippen MR) is 72.6 cm³/mol. The number of nitrogen functional groups attached to an aromatic ring is 1. The van der Waals surface area contributed by atoms with Gasteiger partial charge in [0.25, 0.3) is 0 Å². The van der Waals surface area contributed by atoms with Gasteiger partial charge in [0.15, 0.2) is 15.5 Å². The Hall–Kier alpha value is -1.57. The molecule has 3 heterocycles. The Bertz CT molecular complexity index is 773. The molecule has 1 saturated heterocycles. The number of nitrogens with two attached hydrogens (primary N) is 1. The van der Waals surface area contributed by atoms with Crippen molar-refractivity contribution in [3.63, 3.8) is 0 Å². The Morgan fingerprint density at radius 3 is 2.68 bits per heavy atom. The lowest BCUT2D eigenvalue weighted by Crippen LogP contribution is -2.33. The van der Waals surface area contributed by atoms with Gasteiger partial charge in [0.2, 0.25) is 5.95 Å². The first-order valence-electron chi connectivity index (χ1n) is 6.12. The Kier molecular flexibility index (Phi) is 2.30. The summed E-state index contributed by atoms with van der Waals surface area (Å²) in [5.41, 5.74) is 7.79. The molecule has 0 spiro atoms. The maximum absolute atomic E-state index is 11.8. The molecule has 1 aliphatic heterocycles. The van der Waals surface area contributed by atoms with Gasteiger partial charge < -0.3 is 5.73 Å². The molecule has 3 rings (SSSR count). The highest BCUT2D eigenvalue weighted by Crippen LogP contribution is 2.36. The summed E-state index contributed by atoms with van der Waals surface area (Å²) in [5, 5.41) is 4.32. The van der Waals surface area contributed by atoms with Gasteiger partial charge in [-0.3, -0.25) is 9.25 Å². The molecular weight excluding hydrogens is 266 g/mol. The van der Waals surface area contributed by atoms with Crippen LogP contribution in [0.15, 0.2) is 0 Å². The lowest BCUT2D eigenvalue weighted by Gasteiger charge is -2.26. The maximum atomic E-state index is 11.8. The highest BCUT2D eigenvalue weighted by molar-refractivity contribution is 7.91. The van der Waals surface area contributed by atoms with Crippen LogP contribution in [0.3, 0.4) is 0 Å². The summed E-state index contributed by atoms with van der Waals surface area (Å²) in [4.78, 5) is 4.33. The molecule has 1 aliphatic rings. The second kappa shape index (κ2) is 3.50. The molecule has 1 atom stereocenters. The van der Waals surface area contributed by atoms with Crippen molar-refractivity contribution in [1.82, 2.24) is 19.3 Å². The Morgan fingerprint density at radius 1 is 1.42 bits per heavy atom. The van der Waals surface area contributed by atoms with Crippen molar-refractivity contribution in [3.8, 4) is 0 Å². The molecule has 2 N–H and O–H groups in total. The van der Waals surface area contributed by atoms with E-state index in [-0.39, 0.29) is 11.5 Å². The fraction of sp³-hybridized carbons (Fsp3) is 0.636. The number of anilines is 1. The molecule has 0 saturated carbocycles. The summed E-state index contributed by atoms with van der Waals surface area (Å²) in [6, 6.07) is 0. The molecule has 0 aromatic carbocycles. The van der Waals surface area contributed by atoms with Gasteiger partial charge in [-0.25, -0.2) is 13.4 Å². The third-order valence-corrected chi connectivity index (χ3v) is 5.74. The lowest BCUT2D eigenvalue weighted by molar-refractivity contribution is 0.376. The monoisotopic (exact) mass is 283 g/mol. The van der Waals surface area contributed by atoms with Gasteiger partial charge in [0.05, 0.1) is 22.7 Å². The van der Waals surface area contributed by atoms with Crippen LogP contribution < -0.4 is 5.73 Å². The molecular formula is C11H17N5O2S. The van der Waals surface area contributed by atoms with Gasteiger partial charge in [0.1, 0.15) is 5.52 Å². The normalized spacial score (nSPS) is 26.3. The molecule has 0 bridgehead atoms. The minimum atomic E-state index is -3.01. The van der Waals surface area contributed by atoms with Crippen LogP contribution in [-0.4, -0.2) is 39.3 Å². The van der Waals surface area contributed by atoms with E-state index >= 15 is 0 Å². The van der Waals surface area contributed by atoms with Crippen LogP contribution in [0.4, 0.5) is 5.95 Å². The molecule has 1 unspecified atom stereocenters. The first-order chi connectivity index (χ1) is 8.73. The van der Waals surface area contributed by atoms with Crippen molar-refractivity contribution in [3.05, 3.63) is 5.69 Å². The smallest absolute Gasteiger partial charge is 0.203 e. The van der Waals surface area contributed by atoms with Crippen molar-refractivity contribution in [1.29, 1.82) is 0 Å². The van der Waals surface area contributed by atoms with Crippen molar-refractivity contribution >= 4 is 26.9 Å². The summed E-state index contributed by atoms with van der Waals surface area (Å²) in [7, 11) is -1.19. The van der Waals surface area contributed by atoms with E-state index in [2.05, 4.69) is 10.1 Å². The quantitative estimate of drug-likeness (QED) is 0.806. The zero-order chi connectivity index (χ0) is 14.0. The van der Waals surface area contributed by atoms with Crippen LogP contribution in [0.1, 0.15) is 19.0 Å². The number of rotatable bonds is 1. The minimum absolute atomic E-state index is 0.0971. The summed E-state index contributed by atoms with van der Waals surface area (Å²) >= 11 is 0. The molecule has 8 heteroatoms. The van der Waals surface area contributed by atoms with E-state index in [0.29, 0.717) is 12.4 Å². The largest absolute Gasteiger partial charge is 0.369 e. The third kappa shape index (κ3) is 1.66. The maximum Gasteiger partial charge on any atom is 0.203 e. The lowest BCUT2D eigenvalue weighted by atomic mass is 10.0. The molecule has 0 amide bonds. The first-order valence-corrected chi connectivity index (χ1v) is 7.94. The van der Waals surface area contributed by atoms with E-state index in [1.54, 1.807) is 4.68 Å². The molecule has 7 nitrogen and oxygen atoms in total. The summed E-state index contributed by atoms with van der Waals surface area (Å²) < 4.78 is 27.1. The summed E-state index contributed by atoms with van der Waals surface area (Å²) in [5.74, 6) is 0.644. The number of hydrogen-bond donors (Lipinski definition) is 1. The molecule has 19 heavy (non-hydrogen) atoms. The second-order valence-corrected chi connectivity index (χ2v) is 7.71. The van der Waals surface area contributed by atoms with Gasteiger partial charge in [-0.15, -0.1) is 0 Å². The van der Waals surface area contributed by atoms with E-state index in [1.165, 1.54) is 0 Å². The molecule has 2 aromatic heterocycles. The second-order valence-electron chi connectivity index (χ2n) is 5.53. The van der Waals surface area contributed by atoms with Crippen LogP contribution in [0, 0.1) is 6.92 Å². The molecule has 2 aromatic rings. The third-order valence-electron chi connectivity index (χ3n) is 3.85. The first kappa shape index (κ1) is 12.5. The van der Waals surface area contributed by atoms with Gasteiger partial charge in [-0.2, -0.15) is 5.10 Å². The van der Waals surface area contributed by atoms with Gasteiger partial charge in [-0.05, 0) is 20.3 Å². The molecule has 0 aliphatic carbocycles. The Morgan fingerprint density at radius 2 is 2.11 bits per heavy atom. The van der Waals surface area contributed by atoms with Crippen molar-refractivity contribution < 1.29 is 8.42 Å². The number of sulfone groups is 1. The topological polar surface area (TPSA) is 95.8 Å². The van der Waals surface area contributed by atoms with Crippen molar-refractivity contribution in [2.75, 3.05) is 17.2 Å². The number of nitrogens with zero attached hydrogens (tertiary/aromatic N) is 4. The van der Waals surface area contributed by atoms with Gasteiger partial charge in [0, 0.05) is 7.05 Å². The Labute approximate surface area is 111 Å². The minimum Gasteiger partial charge on any atom is -0.369 e. The summed E-state index contributed by atoms with van der Waals surface area (Å²) in [6.45, 7) is 3.78. The number of imidazole rings is 1. The predicted octanol–water partition coefficient (Wildman–Crippen LogP) is 0.194. The van der Waals surface area contributed by atoms with Crippen LogP contribution >= 0.6 is 0 Å². The van der Waals surface area contributed by atoms with Crippen LogP contribution in [0.5, 0.6) is 0 Å². The number of aromatic nitrogens is 4. The van der Waals surface area contributed by atoms with Crippen LogP contribution in [0.2, 0.25) is 0 Å². The van der Waals surface area contributed by atoms with Crippen molar-refractivity contribution in [2.24, 2.45) is 7.05 Å². The average molecular weight is 283 g/mol. The zero-order valence-electron chi connectivity index (χ0n) is 11.2. The van der Waals surface area contributed by atoms with E-state index in [0.717, 1.165) is 16.9 Å². The highest BCUT2D eigenvalue weighted by Gasteiger charge is 2.42. The highest BCUT2D eigenvalue weighted by atomic mass is 32.2. The number of fused-ring (bicyclic) bond motifs is 1. The van der Waals surface area contributed by atoms with E-state index in [4.69, 9.17) is 5.73 Å². The average Bonchev–Trinajstić information content (AvgIpc) is 2.84. The van der Waals surface area contributed by atoms with E-state index < -0.39 is 15.4 Å². The standard InChI is InChI=1S/C11H17N5O2S/c1-7-8-9(15(3)14-7)16(10(12)13-8)11(2)4-5-19(17,18)6-11/h4-6H2,1-3H3,(H2,12,13). The fourth-order valence-electron chi connectivity index (χ4n) is 2.99. The van der Waals surface area contributed by atoms with Gasteiger partial charge in [-0.1, -0.05) is 0 Å². The van der Waals surface area contributed by atoms with Gasteiger partial charge >= 0.3 is 0 Å². The number of hydrogen-bond acceptors (Lipinski definition) is 5. The van der Waals surface area contributed by atoms with E-state index in [1.807, 2.05) is 25.5 Å².